The van der Waals surface area contributed by atoms with E-state index in [2.05, 4.69) is 0 Å². The molecule has 22 heavy (non-hydrogen) atoms. The molecule has 4 nitrogen and oxygen atoms in total. The van der Waals surface area contributed by atoms with Gasteiger partial charge in [0.2, 0.25) is 0 Å². The Bertz CT molecular complexity index is 637. The number of nitrogens with one attached hydrogen (secondary N) is 1. The summed E-state index contributed by atoms with van der Waals surface area (Å²) in [7, 11) is 1.77. The van der Waals surface area contributed by atoms with Gasteiger partial charge in [0.1, 0.15) is 5.75 Å². The standard InChI is InChI=1S/C14H15F3N2O2S/c1-7-19(2)14(20)10-4-3-8(21-6-13(15,16)17)5-9(10)11(18)12(14)22-7/h3-5,7,12,18,20H,6H2,1-2H3. The van der Waals surface area contributed by atoms with Crippen LogP contribution in [0, 0.1) is 5.41 Å². The molecule has 0 aromatic heterocycles. The van der Waals surface area contributed by atoms with Crippen LogP contribution in [-0.4, -0.2) is 46.2 Å². The van der Waals surface area contributed by atoms with Gasteiger partial charge in [-0.05, 0) is 26.1 Å². The van der Waals surface area contributed by atoms with E-state index < -0.39 is 23.8 Å². The summed E-state index contributed by atoms with van der Waals surface area (Å²) in [5.74, 6) is 0.0464. The summed E-state index contributed by atoms with van der Waals surface area (Å²) in [6.07, 6.45) is -4.41. The van der Waals surface area contributed by atoms with Gasteiger partial charge in [0.15, 0.2) is 12.3 Å². The second kappa shape index (κ2) is 4.87. The summed E-state index contributed by atoms with van der Waals surface area (Å²) in [6.45, 7) is 0.563. The van der Waals surface area contributed by atoms with Gasteiger partial charge in [0.05, 0.1) is 16.3 Å². The summed E-state index contributed by atoms with van der Waals surface area (Å²) in [6, 6.07) is 4.35. The third kappa shape index (κ3) is 2.21. The van der Waals surface area contributed by atoms with Crippen LogP contribution in [0.5, 0.6) is 5.75 Å². The molecule has 0 spiro atoms. The van der Waals surface area contributed by atoms with Crippen LogP contribution in [0.15, 0.2) is 18.2 Å². The molecule has 120 valence electrons. The molecule has 3 unspecified atom stereocenters. The third-order valence-electron chi connectivity index (χ3n) is 4.12. The zero-order valence-corrected chi connectivity index (χ0v) is 12.8. The fourth-order valence-corrected chi connectivity index (χ4v) is 4.39. The predicted molar refractivity (Wildman–Crippen MR) is 77.3 cm³/mol. The first-order chi connectivity index (χ1) is 10.1. The molecule has 1 aliphatic carbocycles. The van der Waals surface area contributed by atoms with E-state index in [1.165, 1.54) is 23.9 Å². The van der Waals surface area contributed by atoms with Gasteiger partial charge < -0.3 is 15.3 Å². The quantitative estimate of drug-likeness (QED) is 0.874. The molecular weight excluding hydrogens is 317 g/mol. The van der Waals surface area contributed by atoms with Crippen LogP contribution in [0.1, 0.15) is 18.1 Å². The van der Waals surface area contributed by atoms with Crippen molar-refractivity contribution < 1.29 is 23.0 Å². The first-order valence-electron chi connectivity index (χ1n) is 6.68. The summed E-state index contributed by atoms with van der Waals surface area (Å²) < 4.78 is 41.4. The third-order valence-corrected chi connectivity index (χ3v) is 5.67. The predicted octanol–water partition coefficient (Wildman–Crippen LogP) is 2.55. The number of ether oxygens (including phenoxy) is 1. The molecule has 3 atom stereocenters. The Morgan fingerprint density at radius 2 is 2.14 bits per heavy atom. The second-order valence-corrected chi connectivity index (χ2v) is 6.90. The lowest BCUT2D eigenvalue weighted by molar-refractivity contribution is -0.153. The van der Waals surface area contributed by atoms with E-state index in [-0.39, 0.29) is 16.8 Å². The van der Waals surface area contributed by atoms with E-state index in [0.29, 0.717) is 11.1 Å². The SMILES string of the molecule is CC1SC2C(=N)c3cc(OCC(F)(F)F)ccc3C2(O)N1C. The maximum Gasteiger partial charge on any atom is 0.422 e. The maximum atomic E-state index is 12.2. The van der Waals surface area contributed by atoms with Crippen molar-refractivity contribution >= 4 is 17.5 Å². The first-order valence-corrected chi connectivity index (χ1v) is 7.62. The van der Waals surface area contributed by atoms with Gasteiger partial charge in [0.25, 0.3) is 0 Å². The molecule has 0 saturated carbocycles. The Hall–Kier alpha value is -1.25. The van der Waals surface area contributed by atoms with Gasteiger partial charge in [-0.25, -0.2) is 0 Å². The molecular formula is C14H15F3N2O2S. The number of halogens is 3. The van der Waals surface area contributed by atoms with Crippen molar-refractivity contribution in [2.75, 3.05) is 13.7 Å². The van der Waals surface area contributed by atoms with Crippen molar-refractivity contribution in [3.8, 4) is 5.75 Å². The van der Waals surface area contributed by atoms with Gasteiger partial charge in [-0.1, -0.05) is 6.07 Å². The highest BCUT2D eigenvalue weighted by molar-refractivity contribution is 8.01. The van der Waals surface area contributed by atoms with Crippen molar-refractivity contribution in [2.24, 2.45) is 0 Å². The number of benzene rings is 1. The number of rotatable bonds is 2. The van der Waals surface area contributed by atoms with Gasteiger partial charge in [0, 0.05) is 11.1 Å². The molecule has 1 heterocycles. The average Bonchev–Trinajstić information content (AvgIpc) is 2.80. The summed E-state index contributed by atoms with van der Waals surface area (Å²) in [5.41, 5.74) is -0.0882. The Kier molecular flexibility index (Phi) is 3.46. The van der Waals surface area contributed by atoms with Crippen LogP contribution >= 0.6 is 11.8 Å². The molecule has 3 rings (SSSR count). The fraction of sp³-hybridized carbons (Fsp3) is 0.500. The number of nitrogens with zero attached hydrogens (tertiary/aromatic N) is 1. The Morgan fingerprint density at radius 3 is 2.77 bits per heavy atom. The minimum absolute atomic E-state index is 0.0460. The zero-order valence-electron chi connectivity index (χ0n) is 11.9. The lowest BCUT2D eigenvalue weighted by Gasteiger charge is -2.31. The molecule has 2 N–H and O–H groups in total. The van der Waals surface area contributed by atoms with Crippen LogP contribution in [0.2, 0.25) is 0 Å². The van der Waals surface area contributed by atoms with E-state index in [0.717, 1.165) is 0 Å². The van der Waals surface area contributed by atoms with Crippen molar-refractivity contribution in [3.63, 3.8) is 0 Å². The Morgan fingerprint density at radius 1 is 1.45 bits per heavy atom. The number of hydrogen-bond acceptors (Lipinski definition) is 5. The molecule has 2 aliphatic rings. The van der Waals surface area contributed by atoms with E-state index in [1.807, 2.05) is 6.92 Å². The molecule has 1 aromatic rings. The normalized spacial score (nSPS) is 31.3. The van der Waals surface area contributed by atoms with E-state index in [4.69, 9.17) is 10.1 Å². The smallest absolute Gasteiger partial charge is 0.422 e. The summed E-state index contributed by atoms with van der Waals surface area (Å²) in [4.78, 5) is 1.78. The molecule has 0 radical (unpaired) electrons. The van der Waals surface area contributed by atoms with Crippen LogP contribution in [-0.2, 0) is 5.72 Å². The van der Waals surface area contributed by atoms with Gasteiger partial charge in [-0.15, -0.1) is 11.8 Å². The van der Waals surface area contributed by atoms with Crippen molar-refractivity contribution in [2.45, 2.75) is 29.4 Å². The first kappa shape index (κ1) is 15.6. The lowest BCUT2D eigenvalue weighted by Crippen LogP contribution is -2.45. The van der Waals surface area contributed by atoms with E-state index in [1.54, 1.807) is 18.0 Å². The van der Waals surface area contributed by atoms with Crippen molar-refractivity contribution in [1.29, 1.82) is 5.41 Å². The number of thioether (sulfide) groups is 1. The topological polar surface area (TPSA) is 56.6 Å². The van der Waals surface area contributed by atoms with E-state index >= 15 is 0 Å². The summed E-state index contributed by atoms with van der Waals surface area (Å²) in [5, 5.41) is 18.8. The molecule has 1 fully saturated rings. The van der Waals surface area contributed by atoms with Gasteiger partial charge >= 0.3 is 6.18 Å². The second-order valence-electron chi connectivity index (χ2n) is 5.48. The average molecular weight is 332 g/mol. The van der Waals surface area contributed by atoms with Crippen LogP contribution < -0.4 is 4.74 Å². The van der Waals surface area contributed by atoms with Crippen LogP contribution in [0.4, 0.5) is 13.2 Å². The lowest BCUT2D eigenvalue weighted by atomic mass is 10.0. The highest BCUT2D eigenvalue weighted by Crippen LogP contribution is 2.53. The molecule has 1 saturated heterocycles. The number of aliphatic hydroxyl groups is 1. The summed E-state index contributed by atoms with van der Waals surface area (Å²) >= 11 is 1.46. The van der Waals surface area contributed by atoms with Crippen molar-refractivity contribution in [1.82, 2.24) is 4.90 Å². The molecule has 0 bridgehead atoms. The Balaban J connectivity index is 1.94. The molecule has 1 aromatic carbocycles. The molecule has 0 amide bonds. The monoisotopic (exact) mass is 332 g/mol. The maximum absolute atomic E-state index is 12.2. The van der Waals surface area contributed by atoms with Crippen LogP contribution in [0.25, 0.3) is 0 Å². The van der Waals surface area contributed by atoms with Crippen molar-refractivity contribution in [3.05, 3.63) is 29.3 Å². The highest BCUT2D eigenvalue weighted by Gasteiger charge is 2.58. The van der Waals surface area contributed by atoms with Crippen LogP contribution in [0.3, 0.4) is 0 Å². The van der Waals surface area contributed by atoms with E-state index in [9.17, 15) is 18.3 Å². The number of alkyl halides is 3. The van der Waals surface area contributed by atoms with Gasteiger partial charge in [-0.3, -0.25) is 4.90 Å². The fourth-order valence-electron chi connectivity index (χ4n) is 2.91. The number of fused-ring (bicyclic) bond motifs is 3. The highest BCUT2D eigenvalue weighted by atomic mass is 32.2. The van der Waals surface area contributed by atoms with Gasteiger partial charge in [-0.2, -0.15) is 13.2 Å². The molecule has 1 aliphatic heterocycles. The largest absolute Gasteiger partial charge is 0.484 e. The number of hydrogen-bond donors (Lipinski definition) is 2. The minimum Gasteiger partial charge on any atom is -0.484 e. The molecule has 8 heteroatoms. The zero-order chi connectivity index (χ0) is 16.3. The Labute approximate surface area is 129 Å². The minimum atomic E-state index is -4.41.